The molecule has 3 heterocycles. The van der Waals surface area contributed by atoms with E-state index < -0.39 is 0 Å². The average Bonchev–Trinajstić information content (AvgIpc) is 3.39. The van der Waals surface area contributed by atoms with Gasteiger partial charge in [-0.2, -0.15) is 0 Å². The van der Waals surface area contributed by atoms with E-state index in [2.05, 4.69) is 20.8 Å². The molecule has 3 atom stereocenters. The molecule has 0 bridgehead atoms. The molecule has 3 amide bonds. The number of rotatable bonds is 5. The molecule has 2 N–H and O–H groups in total. The molecule has 188 valence electrons. The molecule has 3 rings (SSSR count). The lowest BCUT2D eigenvalue weighted by atomic mass is 10.0. The van der Waals surface area contributed by atoms with E-state index in [1.807, 2.05) is 13.8 Å². The van der Waals surface area contributed by atoms with E-state index in [1.165, 1.54) is 4.90 Å². The zero-order chi connectivity index (χ0) is 24.8. The molecular weight excluding hydrogens is 442 g/mol. The van der Waals surface area contributed by atoms with Crippen molar-refractivity contribution < 1.29 is 24.0 Å². The molecule has 1 aliphatic heterocycles. The summed E-state index contributed by atoms with van der Waals surface area (Å²) in [7, 11) is 1.69. The minimum Gasteiger partial charge on any atom is -0.394 e. The van der Waals surface area contributed by atoms with E-state index in [1.54, 1.807) is 36.7 Å². The summed E-state index contributed by atoms with van der Waals surface area (Å²) in [6.07, 6.45) is 2.24. The number of hydrogen-bond donors (Lipinski definition) is 2. The van der Waals surface area contributed by atoms with Crippen LogP contribution in [0.3, 0.4) is 0 Å². The van der Waals surface area contributed by atoms with Crippen LogP contribution in [0.25, 0.3) is 0 Å². The van der Waals surface area contributed by atoms with Crippen molar-refractivity contribution in [1.82, 2.24) is 30.0 Å². The number of amides is 3. The number of likely N-dealkylation sites (N-methyl/N-ethyl adjacent to an activating group) is 1. The third-order valence-electron chi connectivity index (χ3n) is 6.21. The molecule has 0 aromatic carbocycles. The Morgan fingerprint density at radius 3 is 2.85 bits per heavy atom. The molecule has 12 heteroatoms. The highest BCUT2D eigenvalue weighted by Gasteiger charge is 2.29. The third-order valence-corrected chi connectivity index (χ3v) is 6.21. The van der Waals surface area contributed by atoms with Gasteiger partial charge in [0.15, 0.2) is 5.76 Å². The number of urea groups is 1. The first-order chi connectivity index (χ1) is 16.2. The minimum atomic E-state index is -0.385. The highest BCUT2D eigenvalue weighted by molar-refractivity contribution is 5.90. The van der Waals surface area contributed by atoms with Crippen molar-refractivity contribution in [2.24, 2.45) is 5.92 Å². The van der Waals surface area contributed by atoms with Crippen molar-refractivity contribution in [1.29, 1.82) is 0 Å². The van der Waals surface area contributed by atoms with Crippen LogP contribution in [-0.4, -0.2) is 85.9 Å². The molecular formula is C22H35N7O5. The van der Waals surface area contributed by atoms with Gasteiger partial charge in [-0.3, -0.25) is 4.79 Å². The highest BCUT2D eigenvalue weighted by Crippen LogP contribution is 2.21. The number of ether oxygens (including phenoxy) is 1. The van der Waals surface area contributed by atoms with E-state index >= 15 is 0 Å². The lowest BCUT2D eigenvalue weighted by molar-refractivity contribution is -0.136. The first-order valence-corrected chi connectivity index (χ1v) is 11.6. The third kappa shape index (κ3) is 6.11. The highest BCUT2D eigenvalue weighted by atomic mass is 16.5. The molecule has 0 unspecified atom stereocenters. The van der Waals surface area contributed by atoms with Crippen LogP contribution in [0.5, 0.6) is 0 Å². The van der Waals surface area contributed by atoms with E-state index in [0.717, 1.165) is 5.69 Å². The van der Waals surface area contributed by atoms with Gasteiger partial charge in [0.1, 0.15) is 11.4 Å². The summed E-state index contributed by atoms with van der Waals surface area (Å²) in [5, 5.41) is 24.5. The van der Waals surface area contributed by atoms with E-state index in [-0.39, 0.29) is 49.8 Å². The van der Waals surface area contributed by atoms with E-state index in [4.69, 9.17) is 9.26 Å². The zero-order valence-electron chi connectivity index (χ0n) is 20.5. The summed E-state index contributed by atoms with van der Waals surface area (Å²) in [5.41, 5.74) is 1.96. The van der Waals surface area contributed by atoms with E-state index in [0.29, 0.717) is 43.1 Å². The zero-order valence-corrected chi connectivity index (χ0v) is 20.5. The summed E-state index contributed by atoms with van der Waals surface area (Å²) in [6.45, 7) is 8.69. The fraction of sp³-hybridized carbons (Fsp3) is 0.682. The maximum Gasteiger partial charge on any atom is 0.321 e. The second kappa shape index (κ2) is 11.4. The SMILES string of the molecule is Cc1noc(C)c1NC(=O)N(C)C[C@@H]1OCc2cnnn2CCCC(=O)N([C@@H](C)CO)C[C@H]1C. The number of fused-ring (bicyclic) bond motifs is 1. The maximum absolute atomic E-state index is 12.9. The number of anilines is 1. The smallest absolute Gasteiger partial charge is 0.321 e. The van der Waals surface area contributed by atoms with Crippen LogP contribution in [0.4, 0.5) is 10.5 Å². The predicted molar refractivity (Wildman–Crippen MR) is 123 cm³/mol. The van der Waals surface area contributed by atoms with Gasteiger partial charge in [0.05, 0.1) is 37.3 Å². The number of nitrogens with one attached hydrogen (secondary N) is 1. The monoisotopic (exact) mass is 477 g/mol. The standard InChI is InChI=1S/C22H35N7O5/c1-14-10-28(15(2)12-30)20(31)7-6-8-29-18(9-23-26-29)13-33-19(14)11-27(5)22(32)24-21-16(3)25-34-17(21)4/h9,14-15,19,30H,6-8,10-13H2,1-5H3,(H,24,32)/t14-,15+,19+/m1/s1. The number of nitrogens with zero attached hydrogens (tertiary/aromatic N) is 6. The Balaban J connectivity index is 1.78. The fourth-order valence-corrected chi connectivity index (χ4v) is 3.96. The van der Waals surface area contributed by atoms with Crippen molar-refractivity contribution in [2.45, 2.75) is 65.8 Å². The van der Waals surface area contributed by atoms with E-state index in [9.17, 15) is 14.7 Å². The van der Waals surface area contributed by atoms with Crippen LogP contribution < -0.4 is 5.32 Å². The predicted octanol–water partition coefficient (Wildman–Crippen LogP) is 1.57. The molecule has 0 radical (unpaired) electrons. The van der Waals surface area contributed by atoms with Crippen molar-refractivity contribution in [3.05, 3.63) is 23.3 Å². The van der Waals surface area contributed by atoms with Gasteiger partial charge in [0, 0.05) is 39.0 Å². The molecule has 0 aliphatic carbocycles. The molecule has 1 aliphatic rings. The lowest BCUT2D eigenvalue weighted by Crippen LogP contribution is -2.48. The Morgan fingerprint density at radius 1 is 1.41 bits per heavy atom. The summed E-state index contributed by atoms with van der Waals surface area (Å²) in [4.78, 5) is 29.1. The first-order valence-electron chi connectivity index (χ1n) is 11.6. The molecule has 2 aromatic rings. The molecule has 0 saturated carbocycles. The number of aliphatic hydroxyl groups is 1. The Morgan fingerprint density at radius 2 is 2.18 bits per heavy atom. The Kier molecular flexibility index (Phi) is 8.61. The van der Waals surface area contributed by atoms with Crippen molar-refractivity contribution in [3.8, 4) is 0 Å². The lowest BCUT2D eigenvalue weighted by Gasteiger charge is -2.35. The topological polar surface area (TPSA) is 139 Å². The second-order valence-corrected chi connectivity index (χ2v) is 8.97. The van der Waals surface area contributed by atoms with Crippen molar-refractivity contribution in [3.63, 3.8) is 0 Å². The van der Waals surface area contributed by atoms with Gasteiger partial charge in [-0.25, -0.2) is 9.48 Å². The number of hydrogen-bond acceptors (Lipinski definition) is 8. The quantitative estimate of drug-likeness (QED) is 0.662. The number of aliphatic hydroxyl groups excluding tert-OH is 1. The minimum absolute atomic E-state index is 0.0288. The number of aryl methyl sites for hydroxylation is 3. The summed E-state index contributed by atoms with van der Waals surface area (Å²) < 4.78 is 13.1. The maximum atomic E-state index is 12.9. The number of carbonyl (C=O) groups excluding carboxylic acids is 2. The first kappa shape index (κ1) is 25.6. The van der Waals surface area contributed by atoms with Crippen LogP contribution in [0, 0.1) is 19.8 Å². The summed E-state index contributed by atoms with van der Waals surface area (Å²) in [5.74, 6) is 0.387. The van der Waals surface area contributed by atoms with Crippen LogP contribution in [0.1, 0.15) is 43.8 Å². The van der Waals surface area contributed by atoms with Crippen LogP contribution in [0.2, 0.25) is 0 Å². The van der Waals surface area contributed by atoms with Crippen LogP contribution >= 0.6 is 0 Å². The van der Waals surface area contributed by atoms with Crippen molar-refractivity contribution >= 4 is 17.6 Å². The summed E-state index contributed by atoms with van der Waals surface area (Å²) >= 11 is 0. The molecule has 12 nitrogen and oxygen atoms in total. The fourth-order valence-electron chi connectivity index (χ4n) is 3.96. The normalized spacial score (nSPS) is 20.8. The second-order valence-electron chi connectivity index (χ2n) is 8.97. The summed E-state index contributed by atoms with van der Waals surface area (Å²) in [6, 6.07) is -0.638. The van der Waals surface area contributed by atoms with Gasteiger partial charge in [-0.1, -0.05) is 17.3 Å². The molecule has 0 spiro atoms. The Hall–Kier alpha value is -2.99. The van der Waals surface area contributed by atoms with Gasteiger partial charge >= 0.3 is 6.03 Å². The van der Waals surface area contributed by atoms with Gasteiger partial charge in [0.25, 0.3) is 0 Å². The largest absolute Gasteiger partial charge is 0.394 e. The number of aromatic nitrogens is 4. The molecule has 34 heavy (non-hydrogen) atoms. The van der Waals surface area contributed by atoms with Crippen LogP contribution in [0.15, 0.2) is 10.7 Å². The number of carbonyl (C=O) groups is 2. The van der Waals surface area contributed by atoms with Gasteiger partial charge in [0.2, 0.25) is 5.91 Å². The van der Waals surface area contributed by atoms with Gasteiger partial charge < -0.3 is 29.5 Å². The average molecular weight is 478 g/mol. The molecule has 2 aromatic heterocycles. The Bertz CT molecular complexity index is 955. The van der Waals surface area contributed by atoms with Crippen LogP contribution in [-0.2, 0) is 22.7 Å². The molecule has 0 saturated heterocycles. The van der Waals surface area contributed by atoms with Gasteiger partial charge in [-0.15, -0.1) is 5.10 Å². The van der Waals surface area contributed by atoms with Gasteiger partial charge in [-0.05, 0) is 27.2 Å². The van der Waals surface area contributed by atoms with Crippen molar-refractivity contribution in [2.75, 3.05) is 32.1 Å². The molecule has 0 fully saturated rings. The Labute approximate surface area is 199 Å².